The Bertz CT molecular complexity index is 973. The van der Waals surface area contributed by atoms with Gasteiger partial charge in [0.1, 0.15) is 0 Å². The average molecular weight is 364 g/mol. The van der Waals surface area contributed by atoms with E-state index in [-0.39, 0.29) is 5.91 Å². The van der Waals surface area contributed by atoms with Gasteiger partial charge in [-0.1, -0.05) is 18.2 Å². The molecule has 27 heavy (non-hydrogen) atoms. The van der Waals surface area contributed by atoms with E-state index in [0.29, 0.717) is 22.9 Å². The minimum absolute atomic E-state index is 0.263. The maximum absolute atomic E-state index is 12.2. The Morgan fingerprint density at radius 1 is 1.00 bits per heavy atom. The van der Waals surface area contributed by atoms with Gasteiger partial charge in [0.05, 0.1) is 38.7 Å². The zero-order valence-corrected chi connectivity index (χ0v) is 15.4. The molecule has 6 heteroatoms. The normalized spacial score (nSPS) is 10.8. The van der Waals surface area contributed by atoms with Gasteiger partial charge in [-0.15, -0.1) is 0 Å². The van der Waals surface area contributed by atoms with E-state index in [2.05, 4.69) is 10.3 Å². The van der Waals surface area contributed by atoms with E-state index in [9.17, 15) is 4.79 Å². The molecule has 138 valence electrons. The number of fused-ring (bicyclic) bond motifs is 1. The number of benzene rings is 2. The molecule has 2 aromatic carbocycles. The maximum Gasteiger partial charge on any atom is 0.248 e. The van der Waals surface area contributed by atoms with Crippen LogP contribution in [-0.2, 0) is 4.79 Å². The fraction of sp³-hybridized carbons (Fsp3) is 0.143. The van der Waals surface area contributed by atoms with Gasteiger partial charge in [-0.05, 0) is 35.9 Å². The molecule has 0 aliphatic heterocycles. The number of carbonyl (C=O) groups excluding carboxylic acids is 1. The van der Waals surface area contributed by atoms with E-state index in [0.717, 1.165) is 16.5 Å². The topological polar surface area (TPSA) is 69.7 Å². The Kier molecular flexibility index (Phi) is 5.56. The molecule has 0 aliphatic carbocycles. The third kappa shape index (κ3) is 4.17. The number of carbonyl (C=O) groups is 1. The molecule has 0 fully saturated rings. The molecule has 3 aromatic rings. The van der Waals surface area contributed by atoms with Crippen molar-refractivity contribution in [2.45, 2.75) is 0 Å². The number of rotatable bonds is 6. The molecule has 6 nitrogen and oxygen atoms in total. The lowest BCUT2D eigenvalue weighted by molar-refractivity contribution is -0.111. The van der Waals surface area contributed by atoms with Crippen molar-refractivity contribution in [2.24, 2.45) is 0 Å². The van der Waals surface area contributed by atoms with E-state index in [1.807, 2.05) is 30.3 Å². The standard InChI is InChI=1S/C21H20N2O4/c1-25-18-10-14(11-19(26-2)21(18)27-3)8-9-20(24)23-16-12-15-6-4-5-7-17(15)22-13-16/h4-13H,1-3H3,(H,23,24)/b9-8+. The Morgan fingerprint density at radius 2 is 1.70 bits per heavy atom. The van der Waals surface area contributed by atoms with Crippen LogP contribution in [0.15, 0.2) is 54.7 Å². The van der Waals surface area contributed by atoms with E-state index < -0.39 is 0 Å². The van der Waals surface area contributed by atoms with Gasteiger partial charge in [0, 0.05) is 11.5 Å². The molecule has 1 aromatic heterocycles. The third-order valence-corrected chi connectivity index (χ3v) is 3.97. The number of aromatic nitrogens is 1. The fourth-order valence-corrected chi connectivity index (χ4v) is 2.69. The first kappa shape index (κ1) is 18.3. The highest BCUT2D eigenvalue weighted by Gasteiger charge is 2.12. The second-order valence-corrected chi connectivity index (χ2v) is 5.70. The molecular formula is C21H20N2O4. The summed E-state index contributed by atoms with van der Waals surface area (Å²) in [7, 11) is 4.63. The van der Waals surface area contributed by atoms with Crippen molar-refractivity contribution in [1.29, 1.82) is 0 Å². The summed E-state index contributed by atoms with van der Waals surface area (Å²) in [6, 6.07) is 13.1. The largest absolute Gasteiger partial charge is 0.493 e. The van der Waals surface area contributed by atoms with Crippen molar-refractivity contribution in [3.05, 3.63) is 60.3 Å². The summed E-state index contributed by atoms with van der Waals surface area (Å²) < 4.78 is 15.9. The minimum Gasteiger partial charge on any atom is -0.493 e. The highest BCUT2D eigenvalue weighted by Crippen LogP contribution is 2.38. The molecule has 0 saturated carbocycles. The monoisotopic (exact) mass is 364 g/mol. The predicted octanol–water partition coefficient (Wildman–Crippen LogP) is 3.91. The smallest absolute Gasteiger partial charge is 0.248 e. The number of methoxy groups -OCH3 is 3. The van der Waals surface area contributed by atoms with E-state index >= 15 is 0 Å². The number of nitrogens with one attached hydrogen (secondary N) is 1. The SMILES string of the molecule is COc1cc(/C=C/C(=O)Nc2cnc3ccccc3c2)cc(OC)c1OC. The zero-order valence-electron chi connectivity index (χ0n) is 15.4. The number of pyridine rings is 1. The molecule has 0 aliphatic rings. The molecule has 0 atom stereocenters. The second kappa shape index (κ2) is 8.23. The zero-order chi connectivity index (χ0) is 19.2. The molecule has 1 amide bonds. The van der Waals surface area contributed by atoms with Crippen molar-refractivity contribution < 1.29 is 19.0 Å². The molecule has 0 unspecified atom stereocenters. The summed E-state index contributed by atoms with van der Waals surface area (Å²) in [6.07, 6.45) is 4.75. The van der Waals surface area contributed by atoms with Gasteiger partial charge in [-0.2, -0.15) is 0 Å². The van der Waals surface area contributed by atoms with Gasteiger partial charge >= 0.3 is 0 Å². The van der Waals surface area contributed by atoms with Crippen LogP contribution < -0.4 is 19.5 Å². The van der Waals surface area contributed by atoms with Crippen molar-refractivity contribution >= 4 is 28.6 Å². The first-order valence-corrected chi connectivity index (χ1v) is 8.28. The van der Waals surface area contributed by atoms with Gasteiger partial charge < -0.3 is 19.5 Å². The van der Waals surface area contributed by atoms with Crippen LogP contribution in [0.4, 0.5) is 5.69 Å². The van der Waals surface area contributed by atoms with E-state index in [4.69, 9.17) is 14.2 Å². The summed E-state index contributed by atoms with van der Waals surface area (Å²) in [5.74, 6) is 1.29. The average Bonchev–Trinajstić information content (AvgIpc) is 2.71. The Hall–Kier alpha value is -3.54. The minimum atomic E-state index is -0.263. The quantitative estimate of drug-likeness (QED) is 0.672. The number of amides is 1. The summed E-state index contributed by atoms with van der Waals surface area (Å²) in [5, 5.41) is 3.77. The molecule has 0 bridgehead atoms. The van der Waals surface area contributed by atoms with Crippen molar-refractivity contribution in [3.63, 3.8) is 0 Å². The lowest BCUT2D eigenvalue weighted by Gasteiger charge is -2.12. The molecule has 0 saturated heterocycles. The van der Waals surface area contributed by atoms with Crippen LogP contribution in [0.3, 0.4) is 0 Å². The summed E-state index contributed by atoms with van der Waals surface area (Å²) in [6.45, 7) is 0. The summed E-state index contributed by atoms with van der Waals surface area (Å²) in [4.78, 5) is 16.6. The molecule has 0 radical (unpaired) electrons. The van der Waals surface area contributed by atoms with Gasteiger partial charge in [-0.25, -0.2) is 0 Å². The number of hydrogen-bond donors (Lipinski definition) is 1. The maximum atomic E-state index is 12.2. The Morgan fingerprint density at radius 3 is 2.37 bits per heavy atom. The number of nitrogens with zero attached hydrogens (tertiary/aromatic N) is 1. The molecule has 1 heterocycles. The van der Waals surface area contributed by atoms with Crippen LogP contribution in [0.2, 0.25) is 0 Å². The number of anilines is 1. The molecule has 3 rings (SSSR count). The highest BCUT2D eigenvalue weighted by atomic mass is 16.5. The number of para-hydroxylation sites is 1. The van der Waals surface area contributed by atoms with E-state index in [1.165, 1.54) is 6.08 Å². The van der Waals surface area contributed by atoms with Crippen molar-refractivity contribution in [3.8, 4) is 17.2 Å². The number of ether oxygens (including phenoxy) is 3. The highest BCUT2D eigenvalue weighted by molar-refractivity contribution is 6.02. The number of hydrogen-bond acceptors (Lipinski definition) is 5. The first-order valence-electron chi connectivity index (χ1n) is 8.28. The van der Waals surface area contributed by atoms with E-state index in [1.54, 1.807) is 45.7 Å². The summed E-state index contributed by atoms with van der Waals surface area (Å²) in [5.41, 5.74) is 2.26. The first-order chi connectivity index (χ1) is 13.1. The van der Waals surface area contributed by atoms with Gasteiger partial charge in [-0.3, -0.25) is 9.78 Å². The van der Waals surface area contributed by atoms with Gasteiger partial charge in [0.25, 0.3) is 0 Å². The van der Waals surface area contributed by atoms with Crippen LogP contribution in [0.5, 0.6) is 17.2 Å². The van der Waals surface area contributed by atoms with Crippen LogP contribution in [0.1, 0.15) is 5.56 Å². The summed E-state index contributed by atoms with van der Waals surface area (Å²) >= 11 is 0. The predicted molar refractivity (Wildman–Crippen MR) is 106 cm³/mol. The van der Waals surface area contributed by atoms with Crippen LogP contribution in [-0.4, -0.2) is 32.2 Å². The van der Waals surface area contributed by atoms with Crippen molar-refractivity contribution in [1.82, 2.24) is 4.98 Å². The van der Waals surface area contributed by atoms with Crippen LogP contribution in [0, 0.1) is 0 Å². The van der Waals surface area contributed by atoms with Crippen LogP contribution in [0.25, 0.3) is 17.0 Å². The fourth-order valence-electron chi connectivity index (χ4n) is 2.69. The van der Waals surface area contributed by atoms with Crippen LogP contribution >= 0.6 is 0 Å². The van der Waals surface area contributed by atoms with Gasteiger partial charge in [0.2, 0.25) is 11.7 Å². The lowest BCUT2D eigenvalue weighted by Crippen LogP contribution is -2.08. The Balaban J connectivity index is 1.77. The molecule has 1 N–H and O–H groups in total. The third-order valence-electron chi connectivity index (χ3n) is 3.97. The lowest BCUT2D eigenvalue weighted by atomic mass is 10.1. The Labute approximate surface area is 157 Å². The second-order valence-electron chi connectivity index (χ2n) is 5.70. The van der Waals surface area contributed by atoms with Gasteiger partial charge in [0.15, 0.2) is 11.5 Å². The molecule has 0 spiro atoms. The van der Waals surface area contributed by atoms with Crippen molar-refractivity contribution in [2.75, 3.05) is 26.6 Å². The molecular weight excluding hydrogens is 344 g/mol.